The number of likely N-dealkylation sites (tertiary alicyclic amines) is 1. The fraction of sp³-hybridized carbons (Fsp3) is 0.667. The van der Waals surface area contributed by atoms with Crippen LogP contribution < -0.4 is 0 Å². The summed E-state index contributed by atoms with van der Waals surface area (Å²) in [5, 5.41) is 0. The maximum absolute atomic E-state index is 4.96. The molecular weight excluding hydrogens is 272 g/mol. The molecule has 2 aliphatic rings. The summed E-state index contributed by atoms with van der Waals surface area (Å²) in [4.78, 5) is 12.1. The zero-order chi connectivity index (χ0) is 14.9. The Hall–Kier alpha value is -1.42. The molecular formula is C18H26N4. The van der Waals surface area contributed by atoms with Crippen LogP contribution in [0.25, 0.3) is 11.2 Å². The summed E-state index contributed by atoms with van der Waals surface area (Å²) in [6.45, 7) is 2.46. The van der Waals surface area contributed by atoms with Crippen molar-refractivity contribution in [2.45, 2.75) is 51.0 Å². The highest BCUT2D eigenvalue weighted by Gasteiger charge is 2.26. The average molecular weight is 298 g/mol. The van der Waals surface area contributed by atoms with Crippen LogP contribution in [0.3, 0.4) is 0 Å². The van der Waals surface area contributed by atoms with Crippen molar-refractivity contribution < 1.29 is 0 Å². The summed E-state index contributed by atoms with van der Waals surface area (Å²) in [6, 6.07) is 4.74. The smallest absolute Gasteiger partial charge is 0.160 e. The second kappa shape index (κ2) is 5.99. The van der Waals surface area contributed by atoms with Gasteiger partial charge in [-0.15, -0.1) is 0 Å². The van der Waals surface area contributed by atoms with Crippen LogP contribution in [0, 0.1) is 5.92 Å². The first kappa shape index (κ1) is 14.2. The number of hydrogen-bond donors (Lipinski definition) is 0. The van der Waals surface area contributed by atoms with Crippen LogP contribution in [0.1, 0.15) is 50.4 Å². The van der Waals surface area contributed by atoms with E-state index >= 15 is 0 Å². The first-order chi connectivity index (χ1) is 10.8. The molecule has 1 unspecified atom stereocenters. The van der Waals surface area contributed by atoms with Crippen molar-refractivity contribution in [3.8, 4) is 0 Å². The average Bonchev–Trinajstić information content (AvgIpc) is 3.13. The maximum Gasteiger partial charge on any atom is 0.160 e. The topological polar surface area (TPSA) is 34.0 Å². The van der Waals surface area contributed by atoms with Crippen LogP contribution in [0.5, 0.6) is 0 Å². The van der Waals surface area contributed by atoms with E-state index in [2.05, 4.69) is 27.6 Å². The number of hydrogen-bond acceptors (Lipinski definition) is 3. The number of fused-ring (bicyclic) bond motifs is 1. The van der Waals surface area contributed by atoms with Crippen molar-refractivity contribution in [2.24, 2.45) is 5.92 Å². The molecule has 2 fully saturated rings. The van der Waals surface area contributed by atoms with Crippen LogP contribution in [0.15, 0.2) is 18.3 Å². The van der Waals surface area contributed by atoms with Gasteiger partial charge < -0.3 is 9.47 Å². The molecule has 4 heteroatoms. The highest BCUT2D eigenvalue weighted by atomic mass is 15.2. The number of nitrogens with zero attached hydrogens (tertiary/aromatic N) is 4. The Balaban J connectivity index is 1.68. The Kier molecular flexibility index (Phi) is 3.87. The molecule has 1 aliphatic heterocycles. The Morgan fingerprint density at radius 1 is 1.18 bits per heavy atom. The Bertz CT molecular complexity index is 642. The molecule has 0 aromatic carbocycles. The van der Waals surface area contributed by atoms with E-state index in [9.17, 15) is 0 Å². The van der Waals surface area contributed by atoms with E-state index < -0.39 is 0 Å². The molecule has 0 spiro atoms. The normalized spacial score (nSPS) is 24.3. The molecule has 1 saturated heterocycles. The molecule has 4 nitrogen and oxygen atoms in total. The Morgan fingerprint density at radius 3 is 2.86 bits per heavy atom. The van der Waals surface area contributed by atoms with E-state index in [0.29, 0.717) is 6.04 Å². The van der Waals surface area contributed by atoms with Gasteiger partial charge in [-0.25, -0.2) is 9.97 Å². The lowest BCUT2D eigenvalue weighted by Crippen LogP contribution is -2.33. The summed E-state index contributed by atoms with van der Waals surface area (Å²) in [5.74, 6) is 2.02. The number of piperidine rings is 1. The van der Waals surface area contributed by atoms with Crippen LogP contribution in [0.2, 0.25) is 0 Å². The van der Waals surface area contributed by atoms with Gasteiger partial charge in [-0.2, -0.15) is 0 Å². The van der Waals surface area contributed by atoms with E-state index in [1.165, 1.54) is 57.4 Å². The fourth-order valence-corrected chi connectivity index (χ4v) is 4.36. The van der Waals surface area contributed by atoms with Gasteiger partial charge in [0.2, 0.25) is 0 Å². The predicted octanol–water partition coefficient (Wildman–Crippen LogP) is 3.43. The van der Waals surface area contributed by atoms with Gasteiger partial charge in [0, 0.05) is 25.2 Å². The summed E-state index contributed by atoms with van der Waals surface area (Å²) in [7, 11) is 2.24. The van der Waals surface area contributed by atoms with Crippen LogP contribution in [-0.2, 0) is 6.42 Å². The third-order valence-corrected chi connectivity index (χ3v) is 5.41. The third-order valence-electron chi connectivity index (χ3n) is 5.41. The Morgan fingerprint density at radius 2 is 2.05 bits per heavy atom. The molecule has 3 heterocycles. The van der Waals surface area contributed by atoms with Crippen molar-refractivity contribution in [3.05, 3.63) is 24.2 Å². The molecule has 2 aromatic rings. The second-order valence-corrected chi connectivity index (χ2v) is 7.16. The first-order valence-electron chi connectivity index (χ1n) is 8.81. The van der Waals surface area contributed by atoms with Crippen molar-refractivity contribution in [2.75, 3.05) is 20.1 Å². The predicted molar refractivity (Wildman–Crippen MR) is 89.0 cm³/mol. The van der Waals surface area contributed by atoms with E-state index in [0.717, 1.165) is 23.5 Å². The minimum absolute atomic E-state index is 0.622. The third kappa shape index (κ3) is 2.65. The summed E-state index contributed by atoms with van der Waals surface area (Å²) in [6.07, 6.45) is 11.0. The number of imidazole rings is 1. The van der Waals surface area contributed by atoms with E-state index in [1.54, 1.807) is 0 Å². The molecule has 1 atom stereocenters. The lowest BCUT2D eigenvalue weighted by Gasteiger charge is -2.30. The summed E-state index contributed by atoms with van der Waals surface area (Å²) in [5.41, 5.74) is 2.18. The van der Waals surface area contributed by atoms with Gasteiger partial charge in [-0.3, -0.25) is 0 Å². The second-order valence-electron chi connectivity index (χ2n) is 7.16. The maximum atomic E-state index is 4.96. The van der Waals surface area contributed by atoms with Gasteiger partial charge in [-0.1, -0.05) is 12.8 Å². The van der Waals surface area contributed by atoms with Gasteiger partial charge in [0.1, 0.15) is 11.3 Å². The number of aromatic nitrogens is 3. The number of pyridine rings is 1. The van der Waals surface area contributed by atoms with Gasteiger partial charge in [0.05, 0.1) is 0 Å². The standard InChI is InChI=1S/C18H26N4/c1-21-11-5-6-14(13-21)12-17-20-16-9-4-10-19-18(16)22(17)15-7-2-3-8-15/h4,9-10,14-15H,2-3,5-8,11-13H2,1H3. The van der Waals surface area contributed by atoms with Crippen LogP contribution in [0.4, 0.5) is 0 Å². The van der Waals surface area contributed by atoms with Gasteiger partial charge >= 0.3 is 0 Å². The molecule has 0 amide bonds. The molecule has 1 saturated carbocycles. The lowest BCUT2D eigenvalue weighted by atomic mass is 9.94. The number of rotatable bonds is 3. The minimum Gasteiger partial charge on any atom is -0.310 e. The summed E-state index contributed by atoms with van der Waals surface area (Å²) >= 11 is 0. The molecule has 1 aliphatic carbocycles. The molecule has 2 aromatic heterocycles. The SMILES string of the molecule is CN1CCCC(Cc2nc3cccnc3n2C2CCCC2)C1. The van der Waals surface area contributed by atoms with E-state index in [4.69, 9.17) is 4.98 Å². The summed E-state index contributed by atoms with van der Waals surface area (Å²) < 4.78 is 2.48. The highest BCUT2D eigenvalue weighted by Crippen LogP contribution is 2.34. The molecule has 0 N–H and O–H groups in total. The van der Waals surface area contributed by atoms with Crippen molar-refractivity contribution >= 4 is 11.2 Å². The quantitative estimate of drug-likeness (QED) is 0.870. The molecule has 0 radical (unpaired) electrons. The highest BCUT2D eigenvalue weighted by molar-refractivity contribution is 5.71. The van der Waals surface area contributed by atoms with Crippen molar-refractivity contribution in [3.63, 3.8) is 0 Å². The zero-order valence-corrected chi connectivity index (χ0v) is 13.5. The monoisotopic (exact) mass is 298 g/mol. The van der Waals surface area contributed by atoms with Gasteiger partial charge in [-0.05, 0) is 57.3 Å². The van der Waals surface area contributed by atoms with Crippen LogP contribution >= 0.6 is 0 Å². The van der Waals surface area contributed by atoms with E-state index in [-0.39, 0.29) is 0 Å². The lowest BCUT2D eigenvalue weighted by molar-refractivity contribution is 0.206. The zero-order valence-electron chi connectivity index (χ0n) is 13.5. The fourth-order valence-electron chi connectivity index (χ4n) is 4.36. The van der Waals surface area contributed by atoms with Crippen molar-refractivity contribution in [1.29, 1.82) is 0 Å². The minimum atomic E-state index is 0.622. The van der Waals surface area contributed by atoms with Gasteiger partial charge in [0.25, 0.3) is 0 Å². The largest absolute Gasteiger partial charge is 0.310 e. The first-order valence-corrected chi connectivity index (χ1v) is 8.81. The van der Waals surface area contributed by atoms with E-state index in [1.807, 2.05) is 12.3 Å². The van der Waals surface area contributed by atoms with Crippen molar-refractivity contribution in [1.82, 2.24) is 19.4 Å². The molecule has 22 heavy (non-hydrogen) atoms. The molecule has 0 bridgehead atoms. The Labute approximate surface area is 132 Å². The van der Waals surface area contributed by atoms with Gasteiger partial charge in [0.15, 0.2) is 5.65 Å². The molecule has 118 valence electrons. The molecule has 4 rings (SSSR count). The van der Waals surface area contributed by atoms with Crippen LogP contribution in [-0.4, -0.2) is 39.6 Å².